The van der Waals surface area contributed by atoms with Crippen LogP contribution >= 0.6 is 11.6 Å². The van der Waals surface area contributed by atoms with Crippen molar-refractivity contribution >= 4 is 39.1 Å². The lowest BCUT2D eigenvalue weighted by Crippen LogP contribution is -2.71. The minimum Gasteiger partial charge on any atom is -0.351 e. The number of aryl methyl sites for hydroxylation is 1. The van der Waals surface area contributed by atoms with Gasteiger partial charge in [-0.3, -0.25) is 14.5 Å². The van der Waals surface area contributed by atoms with Crippen LogP contribution in [0.5, 0.6) is 0 Å². The third kappa shape index (κ3) is 5.07. The molecule has 0 bridgehead atoms. The average molecular weight is 470 g/mol. The largest absolute Gasteiger partial charge is 0.351 e. The lowest BCUT2D eigenvalue weighted by Gasteiger charge is -2.47. The van der Waals surface area contributed by atoms with Crippen LogP contribution in [0.4, 0.5) is 5.69 Å². The number of amides is 2. The summed E-state index contributed by atoms with van der Waals surface area (Å²) in [5, 5.41) is 3.64. The summed E-state index contributed by atoms with van der Waals surface area (Å²) in [6.45, 7) is 4.90. The van der Waals surface area contributed by atoms with Crippen molar-refractivity contribution < 1.29 is 18.0 Å². The Bertz CT molecular complexity index is 946. The number of carbonyl (C=O) groups is 2. The Morgan fingerprint density at radius 3 is 2.55 bits per heavy atom. The molecule has 2 fully saturated rings. The summed E-state index contributed by atoms with van der Waals surface area (Å²) >= 11 is 6.10. The first-order valence-electron chi connectivity index (χ1n) is 11.0. The van der Waals surface area contributed by atoms with Gasteiger partial charge in [-0.2, -0.15) is 4.31 Å². The van der Waals surface area contributed by atoms with Crippen LogP contribution in [0.3, 0.4) is 0 Å². The van der Waals surface area contributed by atoms with Crippen LogP contribution in [0.1, 0.15) is 57.9 Å². The zero-order valence-electron chi connectivity index (χ0n) is 18.5. The molecule has 1 aromatic carbocycles. The highest BCUT2D eigenvalue weighted by molar-refractivity contribution is 7.89. The Morgan fingerprint density at radius 2 is 1.94 bits per heavy atom. The molecule has 172 valence electrons. The molecular formula is C22H32ClN3O4S. The highest BCUT2D eigenvalue weighted by Gasteiger charge is 2.51. The van der Waals surface area contributed by atoms with Gasteiger partial charge in [0, 0.05) is 23.3 Å². The molecule has 3 rings (SSSR count). The Morgan fingerprint density at radius 1 is 1.26 bits per heavy atom. The van der Waals surface area contributed by atoms with Gasteiger partial charge >= 0.3 is 0 Å². The van der Waals surface area contributed by atoms with E-state index in [1.807, 2.05) is 6.92 Å². The summed E-state index contributed by atoms with van der Waals surface area (Å²) in [5.74, 6) is -0.795. The van der Waals surface area contributed by atoms with Crippen molar-refractivity contribution in [3.05, 3.63) is 28.8 Å². The van der Waals surface area contributed by atoms with Crippen molar-refractivity contribution in [3.63, 3.8) is 0 Å². The Kier molecular flexibility index (Phi) is 7.33. The molecule has 1 aliphatic heterocycles. The van der Waals surface area contributed by atoms with Gasteiger partial charge in [-0.25, -0.2) is 8.42 Å². The topological polar surface area (TPSA) is 86.8 Å². The summed E-state index contributed by atoms with van der Waals surface area (Å²) in [7, 11) is -3.64. The summed E-state index contributed by atoms with van der Waals surface area (Å²) in [4.78, 5) is 28.4. The zero-order valence-corrected chi connectivity index (χ0v) is 20.1. The number of halogens is 1. The molecule has 1 heterocycles. The van der Waals surface area contributed by atoms with E-state index in [2.05, 4.69) is 5.32 Å². The number of nitrogens with zero attached hydrogens (tertiary/aromatic N) is 2. The normalized spacial score (nSPS) is 23.7. The van der Waals surface area contributed by atoms with Crippen LogP contribution in [-0.2, 0) is 19.6 Å². The molecule has 0 aromatic heterocycles. The maximum absolute atomic E-state index is 13.6. The molecule has 9 heteroatoms. The number of carbonyl (C=O) groups excluding carboxylic acids is 2. The predicted octanol–water partition coefficient (Wildman–Crippen LogP) is 3.24. The highest BCUT2D eigenvalue weighted by Crippen LogP contribution is 2.34. The second-order valence-electron chi connectivity index (χ2n) is 8.83. The molecule has 1 saturated carbocycles. The fourth-order valence-corrected chi connectivity index (χ4v) is 6.34. The lowest BCUT2D eigenvalue weighted by atomic mass is 9.91. The zero-order chi connectivity index (χ0) is 22.8. The molecule has 0 radical (unpaired) electrons. The van der Waals surface area contributed by atoms with Gasteiger partial charge in [0.1, 0.15) is 5.54 Å². The standard InChI is InChI=1S/C22H32ClN3O4S/c1-4-12-31(29,30)25-14-20(27)26(19-11-10-17(23)13-16(19)2)22(3,15-25)21(28)24-18-8-6-5-7-9-18/h10-11,13,18H,4-9,12,14-15H2,1-3H3,(H,24,28)/t22-/m1/s1. The Labute approximate surface area is 190 Å². The summed E-state index contributed by atoms with van der Waals surface area (Å²) < 4.78 is 26.8. The van der Waals surface area contributed by atoms with E-state index in [0.29, 0.717) is 17.1 Å². The van der Waals surface area contributed by atoms with Crippen molar-refractivity contribution in [1.82, 2.24) is 9.62 Å². The van der Waals surface area contributed by atoms with Crippen LogP contribution in [0.2, 0.25) is 5.02 Å². The van der Waals surface area contributed by atoms with Crippen molar-refractivity contribution in [2.45, 2.75) is 70.9 Å². The van der Waals surface area contributed by atoms with Crippen LogP contribution in [0, 0.1) is 6.92 Å². The van der Waals surface area contributed by atoms with Crippen LogP contribution in [0.25, 0.3) is 0 Å². The quantitative estimate of drug-likeness (QED) is 0.692. The predicted molar refractivity (Wildman–Crippen MR) is 123 cm³/mol. The Balaban J connectivity index is 2.01. The minimum absolute atomic E-state index is 0.0453. The van der Waals surface area contributed by atoms with Gasteiger partial charge in [0.15, 0.2) is 0 Å². The number of hydrogen-bond donors (Lipinski definition) is 1. The maximum Gasteiger partial charge on any atom is 0.247 e. The van der Waals surface area contributed by atoms with Gasteiger partial charge < -0.3 is 5.32 Å². The third-order valence-corrected chi connectivity index (χ3v) is 8.43. The number of anilines is 1. The molecule has 1 saturated heterocycles. The molecule has 1 atom stereocenters. The number of nitrogens with one attached hydrogen (secondary N) is 1. The van der Waals surface area contributed by atoms with E-state index >= 15 is 0 Å². The molecule has 2 amide bonds. The van der Waals surface area contributed by atoms with Gasteiger partial charge in [0.2, 0.25) is 21.8 Å². The molecule has 1 aliphatic carbocycles. The first kappa shape index (κ1) is 24.0. The van der Waals surface area contributed by atoms with Crippen molar-refractivity contribution in [2.24, 2.45) is 0 Å². The molecule has 2 aliphatic rings. The molecule has 31 heavy (non-hydrogen) atoms. The molecular weight excluding hydrogens is 438 g/mol. The van der Waals surface area contributed by atoms with Crippen LogP contribution in [-0.4, -0.2) is 55.0 Å². The summed E-state index contributed by atoms with van der Waals surface area (Å²) in [5.41, 5.74) is -0.0442. The first-order chi connectivity index (χ1) is 14.6. The minimum atomic E-state index is -3.64. The average Bonchev–Trinajstić information content (AvgIpc) is 2.69. The lowest BCUT2D eigenvalue weighted by molar-refractivity contribution is -0.133. The highest BCUT2D eigenvalue weighted by atomic mass is 35.5. The van der Waals surface area contributed by atoms with Crippen molar-refractivity contribution in [2.75, 3.05) is 23.7 Å². The number of hydrogen-bond acceptors (Lipinski definition) is 4. The van der Waals surface area contributed by atoms with E-state index in [1.54, 1.807) is 32.0 Å². The van der Waals surface area contributed by atoms with E-state index in [9.17, 15) is 18.0 Å². The number of sulfonamides is 1. The maximum atomic E-state index is 13.6. The van der Waals surface area contributed by atoms with E-state index in [-0.39, 0.29) is 30.8 Å². The van der Waals surface area contributed by atoms with Gasteiger partial charge in [-0.15, -0.1) is 0 Å². The molecule has 0 unspecified atom stereocenters. The second kappa shape index (κ2) is 9.46. The fraction of sp³-hybridized carbons (Fsp3) is 0.636. The molecule has 1 N–H and O–H groups in total. The molecule has 7 nitrogen and oxygen atoms in total. The van der Waals surface area contributed by atoms with E-state index in [4.69, 9.17) is 11.6 Å². The van der Waals surface area contributed by atoms with Crippen LogP contribution < -0.4 is 10.2 Å². The van der Waals surface area contributed by atoms with Crippen molar-refractivity contribution in [1.29, 1.82) is 0 Å². The molecule has 1 aromatic rings. The van der Waals surface area contributed by atoms with E-state index in [0.717, 1.165) is 37.7 Å². The monoisotopic (exact) mass is 469 g/mol. The van der Waals surface area contributed by atoms with E-state index < -0.39 is 21.5 Å². The number of rotatable bonds is 6. The fourth-order valence-electron chi connectivity index (χ4n) is 4.58. The second-order valence-corrected chi connectivity index (χ2v) is 11.4. The van der Waals surface area contributed by atoms with Gasteiger partial charge in [0.05, 0.1) is 12.3 Å². The Hall–Kier alpha value is -1.64. The number of piperazine rings is 1. The first-order valence-corrected chi connectivity index (χ1v) is 12.9. The summed E-state index contributed by atoms with van der Waals surface area (Å²) in [6.07, 6.45) is 5.50. The third-order valence-electron chi connectivity index (χ3n) is 6.22. The van der Waals surface area contributed by atoms with Crippen molar-refractivity contribution in [3.8, 4) is 0 Å². The number of benzene rings is 1. The van der Waals surface area contributed by atoms with Crippen LogP contribution in [0.15, 0.2) is 18.2 Å². The molecule has 0 spiro atoms. The van der Waals surface area contributed by atoms with E-state index in [1.165, 1.54) is 9.21 Å². The van der Waals surface area contributed by atoms with Gasteiger partial charge in [-0.1, -0.05) is 37.8 Å². The smallest absolute Gasteiger partial charge is 0.247 e. The van der Waals surface area contributed by atoms with Gasteiger partial charge in [0.25, 0.3) is 0 Å². The SMILES string of the molecule is CCCS(=O)(=O)N1CC(=O)N(c2ccc(Cl)cc2C)[C@@](C)(C(=O)NC2CCCCC2)C1. The summed E-state index contributed by atoms with van der Waals surface area (Å²) in [6, 6.07) is 5.18. The van der Waals surface area contributed by atoms with Gasteiger partial charge in [-0.05, 0) is 56.9 Å².